The average molecular weight is 308 g/mol. The molecule has 0 aliphatic heterocycles. The standard InChI is InChI=1S/C15H18BrNO/c16-11-5-8(1-4-12(11)18)7-17-15-13-9-2-3-10(6-9)14(13)15/h1,4-5,9-10,13-15,17-18H,2-3,6-7H2. The highest BCUT2D eigenvalue weighted by atomic mass is 79.9. The van der Waals surface area contributed by atoms with Crippen LogP contribution >= 0.6 is 15.9 Å². The molecule has 2 nitrogen and oxygen atoms in total. The van der Waals surface area contributed by atoms with Gasteiger partial charge in [-0.3, -0.25) is 0 Å². The number of halogens is 1. The van der Waals surface area contributed by atoms with E-state index >= 15 is 0 Å². The minimum absolute atomic E-state index is 0.320. The van der Waals surface area contributed by atoms with Crippen molar-refractivity contribution in [3.05, 3.63) is 28.2 Å². The van der Waals surface area contributed by atoms with Gasteiger partial charge in [0.1, 0.15) is 5.75 Å². The lowest BCUT2D eigenvalue weighted by Crippen LogP contribution is -2.22. The Labute approximate surface area is 116 Å². The van der Waals surface area contributed by atoms with Crippen LogP contribution in [0.4, 0.5) is 0 Å². The Balaban J connectivity index is 1.39. The number of phenols is 1. The molecule has 0 radical (unpaired) electrons. The predicted octanol–water partition coefficient (Wildman–Crippen LogP) is 3.29. The van der Waals surface area contributed by atoms with E-state index in [0.29, 0.717) is 5.75 Å². The fraction of sp³-hybridized carbons (Fsp3) is 0.600. The zero-order chi connectivity index (χ0) is 12.3. The van der Waals surface area contributed by atoms with E-state index < -0.39 is 0 Å². The largest absolute Gasteiger partial charge is 0.507 e. The van der Waals surface area contributed by atoms with E-state index in [9.17, 15) is 5.11 Å². The predicted molar refractivity (Wildman–Crippen MR) is 74.2 cm³/mol. The number of hydrogen-bond acceptors (Lipinski definition) is 2. The number of nitrogens with one attached hydrogen (secondary N) is 1. The second kappa shape index (κ2) is 3.97. The molecule has 1 aromatic carbocycles. The number of benzene rings is 1. The SMILES string of the molecule is Oc1ccc(CNC2C3C4CCC(C4)C23)cc1Br. The Morgan fingerprint density at radius 1 is 1.22 bits per heavy atom. The Morgan fingerprint density at radius 2 is 1.94 bits per heavy atom. The second-order valence-electron chi connectivity index (χ2n) is 6.18. The quantitative estimate of drug-likeness (QED) is 0.898. The summed E-state index contributed by atoms with van der Waals surface area (Å²) in [6.07, 6.45) is 4.47. The maximum absolute atomic E-state index is 9.48. The van der Waals surface area contributed by atoms with E-state index in [0.717, 1.165) is 40.7 Å². The molecule has 0 aromatic heterocycles. The van der Waals surface area contributed by atoms with Gasteiger partial charge in [0.05, 0.1) is 4.47 Å². The van der Waals surface area contributed by atoms with Crippen LogP contribution < -0.4 is 5.32 Å². The summed E-state index contributed by atoms with van der Waals surface area (Å²) in [6.45, 7) is 0.927. The lowest BCUT2D eigenvalue weighted by molar-refractivity contribution is 0.456. The molecule has 3 saturated carbocycles. The summed E-state index contributed by atoms with van der Waals surface area (Å²) in [6, 6.07) is 6.55. The summed E-state index contributed by atoms with van der Waals surface area (Å²) in [4.78, 5) is 0. The van der Waals surface area contributed by atoms with Gasteiger partial charge in [-0.2, -0.15) is 0 Å². The fourth-order valence-electron chi connectivity index (χ4n) is 4.49. The molecule has 2 N–H and O–H groups in total. The molecule has 0 heterocycles. The van der Waals surface area contributed by atoms with Crippen molar-refractivity contribution in [3.63, 3.8) is 0 Å². The van der Waals surface area contributed by atoms with Gasteiger partial charge in [0.15, 0.2) is 0 Å². The topological polar surface area (TPSA) is 32.3 Å². The van der Waals surface area contributed by atoms with Crippen molar-refractivity contribution >= 4 is 15.9 Å². The van der Waals surface area contributed by atoms with Crippen LogP contribution in [0.2, 0.25) is 0 Å². The van der Waals surface area contributed by atoms with E-state index in [2.05, 4.69) is 21.2 Å². The normalized spacial score (nSPS) is 39.9. The third-order valence-corrected chi connectivity index (χ3v) is 5.92. The molecule has 1 aromatic rings. The van der Waals surface area contributed by atoms with Gasteiger partial charge in [0.25, 0.3) is 0 Å². The van der Waals surface area contributed by atoms with Gasteiger partial charge in [0, 0.05) is 12.6 Å². The first-order chi connectivity index (χ1) is 8.74. The number of phenolic OH excluding ortho intramolecular Hbond substituents is 1. The highest BCUT2D eigenvalue weighted by molar-refractivity contribution is 9.10. The van der Waals surface area contributed by atoms with E-state index in [1.54, 1.807) is 6.07 Å². The van der Waals surface area contributed by atoms with Gasteiger partial charge in [-0.1, -0.05) is 6.07 Å². The van der Waals surface area contributed by atoms with Crippen LogP contribution in [-0.4, -0.2) is 11.1 Å². The smallest absolute Gasteiger partial charge is 0.129 e. The lowest BCUT2D eigenvalue weighted by Gasteiger charge is -2.11. The molecule has 4 atom stereocenters. The third-order valence-electron chi connectivity index (χ3n) is 5.29. The third kappa shape index (κ3) is 1.64. The molecule has 0 amide bonds. The summed E-state index contributed by atoms with van der Waals surface area (Å²) in [5.74, 6) is 4.36. The van der Waals surface area contributed by atoms with Crippen molar-refractivity contribution in [3.8, 4) is 5.75 Å². The summed E-state index contributed by atoms with van der Waals surface area (Å²) in [5, 5.41) is 13.2. The van der Waals surface area contributed by atoms with E-state index in [-0.39, 0.29) is 0 Å². The molecule has 3 fully saturated rings. The van der Waals surface area contributed by atoms with Crippen molar-refractivity contribution in [2.75, 3.05) is 0 Å². The molecule has 0 spiro atoms. The van der Waals surface area contributed by atoms with Crippen molar-refractivity contribution in [2.45, 2.75) is 31.8 Å². The number of fused-ring (bicyclic) bond motifs is 5. The molecular weight excluding hydrogens is 290 g/mol. The highest BCUT2D eigenvalue weighted by Gasteiger charge is 2.64. The van der Waals surface area contributed by atoms with Crippen molar-refractivity contribution in [1.29, 1.82) is 0 Å². The first-order valence-electron chi connectivity index (χ1n) is 6.95. The van der Waals surface area contributed by atoms with Crippen molar-refractivity contribution < 1.29 is 5.11 Å². The molecule has 3 aliphatic rings. The Hall–Kier alpha value is -0.540. The fourth-order valence-corrected chi connectivity index (χ4v) is 4.92. The zero-order valence-electron chi connectivity index (χ0n) is 10.3. The number of rotatable bonds is 3. The lowest BCUT2D eigenvalue weighted by atomic mass is 10.0. The van der Waals surface area contributed by atoms with Gasteiger partial charge >= 0.3 is 0 Å². The molecule has 0 saturated heterocycles. The Bertz CT molecular complexity index is 473. The van der Waals surface area contributed by atoms with Crippen LogP contribution in [0.15, 0.2) is 22.7 Å². The monoisotopic (exact) mass is 307 g/mol. The first-order valence-corrected chi connectivity index (χ1v) is 7.74. The first kappa shape index (κ1) is 11.3. The zero-order valence-corrected chi connectivity index (χ0v) is 11.9. The van der Waals surface area contributed by atoms with Crippen molar-refractivity contribution in [1.82, 2.24) is 5.32 Å². The van der Waals surface area contributed by atoms with E-state index in [1.165, 1.54) is 24.8 Å². The number of hydrogen-bond donors (Lipinski definition) is 2. The Kier molecular flexibility index (Phi) is 2.50. The van der Waals surface area contributed by atoms with Gasteiger partial charge in [0.2, 0.25) is 0 Å². The van der Waals surface area contributed by atoms with Crippen LogP contribution in [-0.2, 0) is 6.54 Å². The summed E-state index contributed by atoms with van der Waals surface area (Å²) in [7, 11) is 0. The summed E-state index contributed by atoms with van der Waals surface area (Å²) < 4.78 is 0.790. The summed E-state index contributed by atoms with van der Waals surface area (Å²) in [5.41, 5.74) is 1.25. The summed E-state index contributed by atoms with van der Waals surface area (Å²) >= 11 is 3.37. The second-order valence-corrected chi connectivity index (χ2v) is 7.03. The molecule has 4 unspecified atom stereocenters. The maximum Gasteiger partial charge on any atom is 0.129 e. The van der Waals surface area contributed by atoms with Crippen LogP contribution in [0.3, 0.4) is 0 Å². The van der Waals surface area contributed by atoms with Crippen LogP contribution in [0, 0.1) is 23.7 Å². The maximum atomic E-state index is 9.48. The van der Waals surface area contributed by atoms with Crippen LogP contribution in [0.25, 0.3) is 0 Å². The average Bonchev–Trinajstić information content (AvgIpc) is 2.76. The van der Waals surface area contributed by atoms with Gasteiger partial charge in [-0.15, -0.1) is 0 Å². The van der Waals surface area contributed by atoms with Gasteiger partial charge < -0.3 is 10.4 Å². The molecular formula is C15H18BrNO. The van der Waals surface area contributed by atoms with E-state index in [1.807, 2.05) is 12.1 Å². The molecule has 96 valence electrons. The minimum Gasteiger partial charge on any atom is -0.507 e. The van der Waals surface area contributed by atoms with Gasteiger partial charge in [-0.25, -0.2) is 0 Å². The van der Waals surface area contributed by atoms with Crippen molar-refractivity contribution in [2.24, 2.45) is 23.7 Å². The van der Waals surface area contributed by atoms with Crippen LogP contribution in [0.1, 0.15) is 24.8 Å². The Morgan fingerprint density at radius 3 is 2.61 bits per heavy atom. The molecule has 3 aliphatic carbocycles. The highest BCUT2D eigenvalue weighted by Crippen LogP contribution is 2.65. The van der Waals surface area contributed by atoms with Gasteiger partial charge in [-0.05, 0) is 76.6 Å². The van der Waals surface area contributed by atoms with Crippen LogP contribution in [0.5, 0.6) is 5.75 Å². The molecule has 2 bridgehead atoms. The molecule has 18 heavy (non-hydrogen) atoms. The molecule has 3 heteroatoms. The number of aromatic hydroxyl groups is 1. The van der Waals surface area contributed by atoms with E-state index in [4.69, 9.17) is 0 Å². The minimum atomic E-state index is 0.320. The molecule has 4 rings (SSSR count).